The minimum Gasteiger partial charge on any atom is -0.444 e. The zero-order chi connectivity index (χ0) is 18.1. The molecular weight excluding hydrogens is 310 g/mol. The number of carbonyl (C=O) groups excluding carboxylic acids is 2. The summed E-state index contributed by atoms with van der Waals surface area (Å²) < 4.78 is 10.6. The van der Waals surface area contributed by atoms with Crippen LogP contribution in [-0.4, -0.2) is 28.1 Å². The van der Waals surface area contributed by atoms with E-state index in [4.69, 9.17) is 9.15 Å². The number of hydrogen-bond donors (Lipinski definition) is 2. The molecule has 0 aliphatic heterocycles. The Morgan fingerprint density at radius 3 is 2.46 bits per heavy atom. The molecule has 1 aromatic carbocycles. The van der Waals surface area contributed by atoms with E-state index in [0.717, 1.165) is 5.52 Å². The Morgan fingerprint density at radius 2 is 1.83 bits per heavy atom. The number of carbonyl (C=O) groups is 2. The molecule has 2 aromatic rings. The van der Waals surface area contributed by atoms with Crippen molar-refractivity contribution in [1.29, 1.82) is 0 Å². The Labute approximate surface area is 140 Å². The summed E-state index contributed by atoms with van der Waals surface area (Å²) in [5, 5.41) is 5.32. The van der Waals surface area contributed by atoms with E-state index in [1.807, 2.05) is 0 Å². The van der Waals surface area contributed by atoms with Crippen LogP contribution in [0.2, 0.25) is 0 Å². The van der Waals surface area contributed by atoms with Crippen molar-refractivity contribution in [2.24, 2.45) is 0 Å². The average molecular weight is 333 g/mol. The number of aryl methyl sites for hydroxylation is 1. The van der Waals surface area contributed by atoms with E-state index < -0.39 is 17.2 Å². The zero-order valence-corrected chi connectivity index (χ0v) is 14.8. The summed E-state index contributed by atoms with van der Waals surface area (Å²) in [5.41, 5.74) is 0.0861. The van der Waals surface area contributed by atoms with E-state index in [1.165, 1.54) is 0 Å². The third-order valence-electron chi connectivity index (χ3n) is 3.13. The van der Waals surface area contributed by atoms with Gasteiger partial charge in [-0.1, -0.05) is 0 Å². The van der Waals surface area contributed by atoms with Gasteiger partial charge in [0.15, 0.2) is 11.5 Å². The van der Waals surface area contributed by atoms with E-state index in [1.54, 1.807) is 59.7 Å². The van der Waals surface area contributed by atoms with Crippen molar-refractivity contribution in [2.45, 2.75) is 52.7 Å². The first kappa shape index (κ1) is 17.8. The molecule has 0 unspecified atom stereocenters. The van der Waals surface area contributed by atoms with Gasteiger partial charge in [0.25, 0.3) is 0 Å². The van der Waals surface area contributed by atoms with Gasteiger partial charge in [-0.2, -0.15) is 0 Å². The summed E-state index contributed by atoms with van der Waals surface area (Å²) in [6.45, 7) is 10.2. The normalized spacial score (nSPS) is 12.1. The molecular formula is C17H23N3O4. The fourth-order valence-corrected chi connectivity index (χ4v) is 2.02. The van der Waals surface area contributed by atoms with Crippen LogP contribution in [0.1, 0.15) is 40.5 Å². The lowest BCUT2D eigenvalue weighted by atomic mass is 10.0. The highest BCUT2D eigenvalue weighted by Gasteiger charge is 2.31. The first-order valence-corrected chi connectivity index (χ1v) is 7.66. The molecule has 7 nitrogen and oxygen atoms in total. The molecule has 0 aliphatic rings. The van der Waals surface area contributed by atoms with Crippen LogP contribution in [0.4, 0.5) is 10.5 Å². The number of oxazole rings is 1. The number of alkyl carbamates (subject to hydrolysis) is 1. The molecule has 0 saturated heterocycles. The number of rotatable bonds is 3. The molecule has 130 valence electrons. The maximum absolute atomic E-state index is 12.4. The fourth-order valence-electron chi connectivity index (χ4n) is 2.02. The zero-order valence-electron chi connectivity index (χ0n) is 14.8. The standard InChI is InChI=1S/C17H23N3O4/c1-10-18-12-8-7-11(9-13(12)23-10)19-14(21)17(5,6)20-15(22)24-16(2,3)4/h7-9H,1-6H3,(H,19,21)(H,20,22). The minimum atomic E-state index is -1.14. The molecule has 7 heteroatoms. The minimum absolute atomic E-state index is 0.371. The number of fused-ring (bicyclic) bond motifs is 1. The smallest absolute Gasteiger partial charge is 0.408 e. The van der Waals surface area contributed by atoms with Gasteiger partial charge in [0.1, 0.15) is 16.7 Å². The van der Waals surface area contributed by atoms with Gasteiger partial charge in [-0.25, -0.2) is 9.78 Å². The van der Waals surface area contributed by atoms with Gasteiger partial charge in [-0.15, -0.1) is 0 Å². The lowest BCUT2D eigenvalue weighted by Gasteiger charge is -2.27. The third-order valence-corrected chi connectivity index (χ3v) is 3.13. The van der Waals surface area contributed by atoms with Crippen LogP contribution >= 0.6 is 0 Å². The van der Waals surface area contributed by atoms with Crippen molar-refractivity contribution in [1.82, 2.24) is 10.3 Å². The van der Waals surface area contributed by atoms with Crippen LogP contribution in [0.15, 0.2) is 22.6 Å². The quantitative estimate of drug-likeness (QED) is 0.898. The molecule has 0 saturated carbocycles. The molecule has 2 N–H and O–H groups in total. The first-order chi connectivity index (χ1) is 11.0. The lowest BCUT2D eigenvalue weighted by molar-refractivity contribution is -0.121. The summed E-state index contributed by atoms with van der Waals surface area (Å²) >= 11 is 0. The largest absolute Gasteiger partial charge is 0.444 e. The van der Waals surface area contributed by atoms with Crippen LogP contribution < -0.4 is 10.6 Å². The Balaban J connectivity index is 2.07. The monoisotopic (exact) mass is 333 g/mol. The topological polar surface area (TPSA) is 93.5 Å². The van der Waals surface area contributed by atoms with Gasteiger partial charge in [0.05, 0.1) is 0 Å². The summed E-state index contributed by atoms with van der Waals surface area (Å²) in [5.74, 6) is 0.185. The molecule has 0 spiro atoms. The second-order valence-corrected chi connectivity index (χ2v) is 7.12. The summed E-state index contributed by atoms with van der Waals surface area (Å²) in [6.07, 6.45) is -0.649. The van der Waals surface area contributed by atoms with Crippen molar-refractivity contribution >= 4 is 28.8 Å². The Bertz CT molecular complexity index is 772. The SMILES string of the molecule is Cc1nc2ccc(NC(=O)C(C)(C)NC(=O)OC(C)(C)C)cc2o1. The lowest BCUT2D eigenvalue weighted by Crippen LogP contribution is -2.53. The van der Waals surface area contributed by atoms with Crippen molar-refractivity contribution < 1.29 is 18.7 Å². The molecule has 2 amide bonds. The predicted octanol–water partition coefficient (Wildman–Crippen LogP) is 3.38. The van der Waals surface area contributed by atoms with Crippen LogP contribution in [0.5, 0.6) is 0 Å². The van der Waals surface area contributed by atoms with Gasteiger partial charge in [-0.3, -0.25) is 4.79 Å². The van der Waals surface area contributed by atoms with Gasteiger partial charge in [0, 0.05) is 18.7 Å². The average Bonchev–Trinajstić information content (AvgIpc) is 2.74. The highest BCUT2D eigenvalue weighted by Crippen LogP contribution is 2.21. The van der Waals surface area contributed by atoms with Crippen LogP contribution in [0.25, 0.3) is 11.1 Å². The number of ether oxygens (including phenoxy) is 1. The Morgan fingerprint density at radius 1 is 1.17 bits per heavy atom. The maximum Gasteiger partial charge on any atom is 0.408 e. The van der Waals surface area contributed by atoms with Gasteiger partial charge < -0.3 is 19.8 Å². The van der Waals surface area contributed by atoms with Crippen molar-refractivity contribution in [3.05, 3.63) is 24.1 Å². The van der Waals surface area contributed by atoms with Crippen LogP contribution in [0, 0.1) is 6.92 Å². The predicted molar refractivity (Wildman–Crippen MR) is 90.8 cm³/mol. The second kappa shape index (κ2) is 6.14. The van der Waals surface area contributed by atoms with E-state index in [9.17, 15) is 9.59 Å². The molecule has 2 rings (SSSR count). The van der Waals surface area contributed by atoms with Crippen molar-refractivity contribution in [2.75, 3.05) is 5.32 Å². The van der Waals surface area contributed by atoms with Crippen molar-refractivity contribution in [3.63, 3.8) is 0 Å². The number of anilines is 1. The molecule has 0 aliphatic carbocycles. The highest BCUT2D eigenvalue weighted by atomic mass is 16.6. The van der Waals surface area contributed by atoms with E-state index in [-0.39, 0.29) is 5.91 Å². The number of amides is 2. The van der Waals surface area contributed by atoms with Crippen LogP contribution in [0.3, 0.4) is 0 Å². The molecule has 24 heavy (non-hydrogen) atoms. The summed E-state index contributed by atoms with van der Waals surface area (Å²) in [4.78, 5) is 28.5. The maximum atomic E-state index is 12.4. The molecule has 1 heterocycles. The second-order valence-electron chi connectivity index (χ2n) is 7.12. The Hall–Kier alpha value is -2.57. The third kappa shape index (κ3) is 4.47. The fraction of sp³-hybridized carbons (Fsp3) is 0.471. The first-order valence-electron chi connectivity index (χ1n) is 7.66. The molecule has 0 fully saturated rings. The van der Waals surface area contributed by atoms with Gasteiger partial charge >= 0.3 is 6.09 Å². The Kier molecular flexibility index (Phi) is 4.55. The highest BCUT2D eigenvalue weighted by molar-refractivity contribution is 6.00. The molecule has 0 atom stereocenters. The van der Waals surface area contributed by atoms with Gasteiger partial charge in [-0.05, 0) is 46.8 Å². The number of nitrogens with zero attached hydrogens (tertiary/aromatic N) is 1. The number of aromatic nitrogens is 1. The number of benzene rings is 1. The van der Waals surface area contributed by atoms with Crippen molar-refractivity contribution in [3.8, 4) is 0 Å². The number of hydrogen-bond acceptors (Lipinski definition) is 5. The molecule has 1 aromatic heterocycles. The number of nitrogens with one attached hydrogen (secondary N) is 2. The van der Waals surface area contributed by atoms with E-state index >= 15 is 0 Å². The summed E-state index contributed by atoms with van der Waals surface area (Å²) in [6, 6.07) is 5.18. The molecule has 0 bridgehead atoms. The van der Waals surface area contributed by atoms with E-state index in [2.05, 4.69) is 15.6 Å². The summed E-state index contributed by atoms with van der Waals surface area (Å²) in [7, 11) is 0. The van der Waals surface area contributed by atoms with Crippen LogP contribution in [-0.2, 0) is 9.53 Å². The molecule has 0 radical (unpaired) electrons. The van der Waals surface area contributed by atoms with E-state index in [0.29, 0.717) is 17.2 Å². The van der Waals surface area contributed by atoms with Gasteiger partial charge in [0.2, 0.25) is 5.91 Å².